The zero-order chi connectivity index (χ0) is 7.98. The molecule has 0 aliphatic rings. The SMILES string of the molecule is CCC(CNNC)[N+](=O)[O-]. The fourth-order valence-corrected chi connectivity index (χ4v) is 0.588. The molecule has 5 nitrogen and oxygen atoms in total. The highest BCUT2D eigenvalue weighted by Gasteiger charge is 2.15. The number of rotatable bonds is 5. The molecule has 10 heavy (non-hydrogen) atoms. The Morgan fingerprint density at radius 3 is 2.60 bits per heavy atom. The fraction of sp³-hybridized carbons (Fsp3) is 1.00. The highest BCUT2D eigenvalue weighted by Crippen LogP contribution is 1.92. The van der Waals surface area contributed by atoms with Gasteiger partial charge < -0.3 is 0 Å². The van der Waals surface area contributed by atoms with Gasteiger partial charge >= 0.3 is 0 Å². The molecule has 0 heterocycles. The number of nitrogens with zero attached hydrogens (tertiary/aromatic N) is 1. The van der Waals surface area contributed by atoms with Crippen molar-refractivity contribution >= 4 is 0 Å². The van der Waals surface area contributed by atoms with E-state index in [2.05, 4.69) is 10.9 Å². The van der Waals surface area contributed by atoms with Gasteiger partial charge in [0.25, 0.3) is 0 Å². The first-order valence-electron chi connectivity index (χ1n) is 3.25. The van der Waals surface area contributed by atoms with Crippen LogP contribution < -0.4 is 10.9 Å². The number of nitro groups is 1. The molecule has 0 fully saturated rings. The second-order valence-corrected chi connectivity index (χ2v) is 1.98. The zero-order valence-electron chi connectivity index (χ0n) is 6.26. The van der Waals surface area contributed by atoms with E-state index in [1.165, 1.54) is 0 Å². The lowest BCUT2D eigenvalue weighted by atomic mass is 10.2. The van der Waals surface area contributed by atoms with E-state index in [0.717, 1.165) is 0 Å². The normalized spacial score (nSPS) is 13.0. The Hall–Kier alpha value is -0.680. The highest BCUT2D eigenvalue weighted by atomic mass is 16.6. The average molecular weight is 147 g/mol. The third kappa shape index (κ3) is 3.37. The van der Waals surface area contributed by atoms with Crippen LogP contribution in [0.25, 0.3) is 0 Å². The maximum Gasteiger partial charge on any atom is 0.226 e. The van der Waals surface area contributed by atoms with Gasteiger partial charge in [-0.3, -0.25) is 21.0 Å². The van der Waals surface area contributed by atoms with Crippen LogP contribution in [-0.4, -0.2) is 24.6 Å². The van der Waals surface area contributed by atoms with Gasteiger partial charge in [0.15, 0.2) is 0 Å². The van der Waals surface area contributed by atoms with Gasteiger partial charge in [0.1, 0.15) is 0 Å². The molecule has 60 valence electrons. The molecule has 0 saturated heterocycles. The van der Waals surface area contributed by atoms with Crippen LogP contribution in [0.1, 0.15) is 13.3 Å². The standard InChI is InChI=1S/C5H13N3O2/c1-3-5(8(9)10)4-7-6-2/h5-7H,3-4H2,1-2H3. The molecule has 0 radical (unpaired) electrons. The molecular formula is C5H13N3O2. The summed E-state index contributed by atoms with van der Waals surface area (Å²) in [6.45, 7) is 2.17. The van der Waals surface area contributed by atoms with Crippen molar-refractivity contribution in [1.82, 2.24) is 10.9 Å². The van der Waals surface area contributed by atoms with Gasteiger partial charge in [0.2, 0.25) is 6.04 Å². The predicted octanol–water partition coefficient (Wildman–Crippen LogP) is -0.234. The molecule has 1 unspecified atom stereocenters. The Balaban J connectivity index is 3.50. The van der Waals surface area contributed by atoms with E-state index in [1.807, 2.05) is 0 Å². The summed E-state index contributed by atoms with van der Waals surface area (Å²) in [6, 6.07) is -0.479. The van der Waals surface area contributed by atoms with E-state index in [0.29, 0.717) is 13.0 Å². The van der Waals surface area contributed by atoms with Gasteiger partial charge in [0, 0.05) is 11.3 Å². The summed E-state index contributed by atoms with van der Waals surface area (Å²) in [7, 11) is 1.69. The van der Waals surface area contributed by atoms with Crippen LogP contribution in [0.3, 0.4) is 0 Å². The lowest BCUT2D eigenvalue weighted by Gasteiger charge is -2.06. The molecule has 0 spiro atoms. The van der Waals surface area contributed by atoms with Crippen LogP contribution in [0.4, 0.5) is 0 Å². The van der Waals surface area contributed by atoms with Gasteiger partial charge in [0.05, 0.1) is 6.54 Å². The van der Waals surface area contributed by atoms with Gasteiger partial charge in [-0.2, -0.15) is 0 Å². The Labute approximate surface area is 59.9 Å². The van der Waals surface area contributed by atoms with E-state index in [9.17, 15) is 10.1 Å². The zero-order valence-corrected chi connectivity index (χ0v) is 6.26. The smallest absolute Gasteiger partial charge is 0.226 e. The molecule has 0 aliphatic carbocycles. The minimum absolute atomic E-state index is 0.273. The Morgan fingerprint density at radius 1 is 1.70 bits per heavy atom. The van der Waals surface area contributed by atoms with E-state index in [1.54, 1.807) is 14.0 Å². The van der Waals surface area contributed by atoms with Crippen molar-refractivity contribution in [2.45, 2.75) is 19.4 Å². The summed E-state index contributed by atoms with van der Waals surface area (Å²) in [5.74, 6) is 0. The van der Waals surface area contributed by atoms with Crippen molar-refractivity contribution in [2.24, 2.45) is 0 Å². The molecule has 1 atom stereocenters. The molecule has 0 aromatic rings. The summed E-state index contributed by atoms with van der Waals surface area (Å²) in [4.78, 5) is 9.90. The fourth-order valence-electron chi connectivity index (χ4n) is 0.588. The van der Waals surface area contributed by atoms with Gasteiger partial charge in [-0.05, 0) is 7.05 Å². The van der Waals surface area contributed by atoms with Crippen LogP contribution in [0.5, 0.6) is 0 Å². The van der Waals surface area contributed by atoms with Crippen molar-refractivity contribution in [1.29, 1.82) is 0 Å². The van der Waals surface area contributed by atoms with Crippen molar-refractivity contribution in [2.75, 3.05) is 13.6 Å². The monoisotopic (exact) mass is 147 g/mol. The molecule has 0 aliphatic heterocycles. The number of hydrogen-bond donors (Lipinski definition) is 2. The van der Waals surface area contributed by atoms with Crippen molar-refractivity contribution < 1.29 is 4.92 Å². The van der Waals surface area contributed by atoms with Gasteiger partial charge in [-0.15, -0.1) is 0 Å². The molecule has 5 heteroatoms. The summed E-state index contributed by atoms with van der Waals surface area (Å²) >= 11 is 0. The number of hydrogen-bond acceptors (Lipinski definition) is 4. The third-order valence-electron chi connectivity index (χ3n) is 1.28. The minimum atomic E-state index is -0.479. The lowest BCUT2D eigenvalue weighted by molar-refractivity contribution is -0.520. The van der Waals surface area contributed by atoms with Crippen LogP contribution in [-0.2, 0) is 0 Å². The molecule has 0 amide bonds. The Morgan fingerprint density at radius 2 is 2.30 bits per heavy atom. The molecule has 0 bridgehead atoms. The van der Waals surface area contributed by atoms with Crippen molar-refractivity contribution in [3.63, 3.8) is 0 Å². The van der Waals surface area contributed by atoms with Crippen LogP contribution in [0.15, 0.2) is 0 Å². The summed E-state index contributed by atoms with van der Waals surface area (Å²) in [5, 5.41) is 10.2. The second-order valence-electron chi connectivity index (χ2n) is 1.98. The minimum Gasteiger partial charge on any atom is -0.264 e. The van der Waals surface area contributed by atoms with Crippen LogP contribution >= 0.6 is 0 Å². The second kappa shape index (κ2) is 5.13. The van der Waals surface area contributed by atoms with Crippen molar-refractivity contribution in [3.05, 3.63) is 10.1 Å². The molecular weight excluding hydrogens is 134 g/mol. The molecule has 0 aromatic carbocycles. The quantitative estimate of drug-likeness (QED) is 0.416. The molecule has 0 rings (SSSR count). The largest absolute Gasteiger partial charge is 0.264 e. The van der Waals surface area contributed by atoms with Gasteiger partial charge in [-0.25, -0.2) is 0 Å². The summed E-state index contributed by atoms with van der Waals surface area (Å²) < 4.78 is 0. The summed E-state index contributed by atoms with van der Waals surface area (Å²) in [6.07, 6.45) is 0.557. The van der Waals surface area contributed by atoms with Crippen LogP contribution in [0.2, 0.25) is 0 Å². The average Bonchev–Trinajstić information content (AvgIpc) is 1.89. The first-order chi connectivity index (χ1) is 4.72. The van der Waals surface area contributed by atoms with E-state index >= 15 is 0 Å². The highest BCUT2D eigenvalue weighted by molar-refractivity contribution is 4.54. The third-order valence-corrected chi connectivity index (χ3v) is 1.28. The summed E-state index contributed by atoms with van der Waals surface area (Å²) in [5.41, 5.74) is 5.32. The molecule has 2 N–H and O–H groups in total. The van der Waals surface area contributed by atoms with Crippen molar-refractivity contribution in [3.8, 4) is 0 Å². The van der Waals surface area contributed by atoms with Gasteiger partial charge in [-0.1, -0.05) is 6.92 Å². The van der Waals surface area contributed by atoms with E-state index in [-0.39, 0.29) is 4.92 Å². The maximum absolute atomic E-state index is 10.2. The Bertz CT molecular complexity index is 107. The predicted molar refractivity (Wildman–Crippen MR) is 38.1 cm³/mol. The molecule has 0 saturated carbocycles. The first kappa shape index (κ1) is 9.32. The first-order valence-corrected chi connectivity index (χ1v) is 3.25. The molecule has 0 aromatic heterocycles. The Kier molecular flexibility index (Phi) is 4.78. The number of hydrazine groups is 1. The van der Waals surface area contributed by atoms with E-state index in [4.69, 9.17) is 0 Å². The number of nitrogens with one attached hydrogen (secondary N) is 2. The topological polar surface area (TPSA) is 67.2 Å². The van der Waals surface area contributed by atoms with E-state index < -0.39 is 6.04 Å². The maximum atomic E-state index is 10.2. The lowest BCUT2D eigenvalue weighted by Crippen LogP contribution is -2.38. The van der Waals surface area contributed by atoms with Crippen LogP contribution in [0, 0.1) is 10.1 Å².